The van der Waals surface area contributed by atoms with Gasteiger partial charge in [-0.1, -0.05) is 115 Å². The van der Waals surface area contributed by atoms with Crippen LogP contribution in [0, 0.1) is 6.92 Å². The molecule has 7 aromatic rings. The first-order chi connectivity index (χ1) is 28.1. The summed E-state index contributed by atoms with van der Waals surface area (Å²) in [5.74, 6) is -1.83. The van der Waals surface area contributed by atoms with Gasteiger partial charge < -0.3 is 61.2 Å². The average molecular weight is 1010 g/mol. The van der Waals surface area contributed by atoms with Crippen LogP contribution < -0.4 is 64.6 Å². The summed E-state index contributed by atoms with van der Waals surface area (Å²) in [7, 11) is 0. The van der Waals surface area contributed by atoms with Crippen molar-refractivity contribution in [3.8, 4) is 0 Å². The van der Waals surface area contributed by atoms with Crippen LogP contribution in [0.15, 0.2) is 201 Å². The van der Waals surface area contributed by atoms with Gasteiger partial charge >= 0.3 is 11.9 Å². The summed E-state index contributed by atoms with van der Waals surface area (Å²) in [6.45, 7) is 2.66. The van der Waals surface area contributed by atoms with Crippen molar-refractivity contribution in [2.75, 3.05) is 0 Å². The Balaban J connectivity index is 0.000000401. The number of carbonyl (C=O) groups is 5. The summed E-state index contributed by atoms with van der Waals surface area (Å²) in [5, 5.41) is 17.4. The molecule has 0 atom stereocenters. The van der Waals surface area contributed by atoms with Gasteiger partial charge in [0.25, 0.3) is 0 Å². The fourth-order valence-corrected chi connectivity index (χ4v) is 5.36. The van der Waals surface area contributed by atoms with Crippen LogP contribution >= 0.6 is 0 Å². The fourth-order valence-electron chi connectivity index (χ4n) is 5.36. The zero-order valence-corrected chi connectivity index (χ0v) is 37.8. The van der Waals surface area contributed by atoms with Gasteiger partial charge in [-0.2, -0.15) is 13.7 Å². The normalized spacial score (nSPS) is 9.33. The standard InChI is InChI=1S/3C13H12NO.C9H8O4.3BrH/c3*15-13(12-7-3-1-4-8-12)11-14-9-5-2-6-10-14;1-5-6(8(10)11)3-2-4-7(5)9(12)13;;;/h3*1-10H,11H2;2-4H,1H3,(H,10,11)(H,12,13);3*1H/q3*+1;;;;/p-3. The van der Waals surface area contributed by atoms with Crippen LogP contribution in [-0.4, -0.2) is 39.5 Å². The zero-order valence-electron chi connectivity index (χ0n) is 33.1. The fraction of sp³-hybridized carbons (Fsp3) is 0.0833. The molecule has 61 heavy (non-hydrogen) atoms. The number of carboxylic acids is 2. The zero-order chi connectivity index (χ0) is 41.5. The molecule has 0 saturated heterocycles. The number of ketones is 3. The van der Waals surface area contributed by atoms with Crippen molar-refractivity contribution in [3.63, 3.8) is 0 Å². The van der Waals surface area contributed by atoms with E-state index in [4.69, 9.17) is 10.2 Å². The predicted molar refractivity (Wildman–Crippen MR) is 217 cm³/mol. The molecule has 10 nitrogen and oxygen atoms in total. The Kier molecular flexibility index (Phi) is 25.1. The van der Waals surface area contributed by atoms with Gasteiger partial charge in [-0.3, -0.25) is 14.4 Å². The number of carbonyl (C=O) groups excluding carboxylic acids is 3. The largest absolute Gasteiger partial charge is 1.00 e. The van der Waals surface area contributed by atoms with Gasteiger partial charge in [0, 0.05) is 53.1 Å². The number of aromatic nitrogens is 3. The van der Waals surface area contributed by atoms with E-state index in [-0.39, 0.29) is 85.0 Å². The number of rotatable bonds is 11. The summed E-state index contributed by atoms with van der Waals surface area (Å²) < 4.78 is 5.61. The summed E-state index contributed by atoms with van der Waals surface area (Å²) in [6.07, 6.45) is 11.3. The van der Waals surface area contributed by atoms with E-state index in [2.05, 4.69) is 0 Å². The van der Waals surface area contributed by atoms with Crippen molar-refractivity contribution in [1.29, 1.82) is 0 Å². The van der Waals surface area contributed by atoms with Crippen LogP contribution in [0.4, 0.5) is 0 Å². The average Bonchev–Trinajstić information content (AvgIpc) is 3.26. The van der Waals surface area contributed by atoms with Crippen LogP contribution in [0.25, 0.3) is 0 Å². The Morgan fingerprint density at radius 2 is 0.590 bits per heavy atom. The molecule has 13 heteroatoms. The lowest BCUT2D eigenvalue weighted by Gasteiger charge is -2.03. The highest BCUT2D eigenvalue weighted by Gasteiger charge is 2.14. The van der Waals surface area contributed by atoms with Crippen molar-refractivity contribution >= 4 is 29.3 Å². The Morgan fingerprint density at radius 3 is 0.820 bits per heavy atom. The second kappa shape index (κ2) is 29.0. The van der Waals surface area contributed by atoms with Gasteiger partial charge in [-0.15, -0.1) is 0 Å². The molecule has 0 fully saturated rings. The molecule has 0 saturated carbocycles. The molecule has 0 bridgehead atoms. The van der Waals surface area contributed by atoms with E-state index in [1.807, 2.05) is 196 Å². The van der Waals surface area contributed by atoms with Crippen molar-refractivity contribution in [2.24, 2.45) is 0 Å². The number of aromatic carboxylic acids is 2. The lowest BCUT2D eigenvalue weighted by molar-refractivity contribution is -0.683. The highest BCUT2D eigenvalue weighted by atomic mass is 79.9. The second-order valence-electron chi connectivity index (χ2n) is 12.6. The van der Waals surface area contributed by atoms with Crippen LogP contribution in [0.1, 0.15) is 57.4 Å². The maximum atomic E-state index is 11.8. The number of nitrogens with zero attached hydrogens (tertiary/aromatic N) is 3. The number of hydrogen-bond acceptors (Lipinski definition) is 5. The number of hydrogen-bond donors (Lipinski definition) is 2. The molecule has 0 aliphatic rings. The number of halogens is 3. The Bertz CT molecular complexity index is 2130. The number of pyridine rings is 3. The summed E-state index contributed by atoms with van der Waals surface area (Å²) in [4.78, 5) is 56.6. The molecule has 314 valence electrons. The van der Waals surface area contributed by atoms with Gasteiger partial charge in [-0.05, 0) is 24.6 Å². The first-order valence-corrected chi connectivity index (χ1v) is 18.3. The van der Waals surface area contributed by atoms with Crippen LogP contribution in [-0.2, 0) is 19.6 Å². The van der Waals surface area contributed by atoms with E-state index in [0.29, 0.717) is 19.6 Å². The first kappa shape index (κ1) is 52.7. The molecule has 0 aliphatic heterocycles. The highest BCUT2D eigenvalue weighted by Crippen LogP contribution is 2.13. The van der Waals surface area contributed by atoms with Gasteiger partial charge in [-0.25, -0.2) is 9.59 Å². The van der Waals surface area contributed by atoms with E-state index in [9.17, 15) is 24.0 Å². The molecule has 2 N–H and O–H groups in total. The summed E-state index contributed by atoms with van der Waals surface area (Å²) in [5.41, 5.74) is 2.61. The minimum atomic E-state index is -1.11. The smallest absolute Gasteiger partial charge is 0.335 e. The predicted octanol–water partition coefficient (Wildman–Crippen LogP) is -2.03. The molecule has 3 heterocycles. The van der Waals surface area contributed by atoms with Gasteiger partial charge in [0.05, 0.1) is 11.1 Å². The van der Waals surface area contributed by atoms with E-state index < -0.39 is 11.9 Å². The van der Waals surface area contributed by atoms with Crippen molar-refractivity contribution in [2.45, 2.75) is 26.6 Å². The topological polar surface area (TPSA) is 137 Å². The third-order valence-corrected chi connectivity index (χ3v) is 8.39. The van der Waals surface area contributed by atoms with Gasteiger partial charge in [0.1, 0.15) is 0 Å². The maximum absolute atomic E-state index is 11.8. The summed E-state index contributed by atoms with van der Waals surface area (Å²) in [6, 6.07) is 49.5. The minimum absolute atomic E-state index is 0. The quantitative estimate of drug-likeness (QED) is 0.113. The number of carboxylic acid groups (broad SMARTS) is 2. The monoisotopic (exact) mass is 1010 g/mol. The maximum Gasteiger partial charge on any atom is 0.335 e. The number of Topliss-reactive ketones (excluding diaryl/α,β-unsaturated/α-hetero) is 3. The molecule has 3 aromatic heterocycles. The lowest BCUT2D eigenvalue weighted by Crippen LogP contribution is -3.00. The third kappa shape index (κ3) is 18.7. The third-order valence-electron chi connectivity index (χ3n) is 8.39. The second-order valence-corrected chi connectivity index (χ2v) is 12.6. The van der Waals surface area contributed by atoms with Crippen molar-refractivity contribution < 1.29 is 98.8 Å². The Morgan fingerprint density at radius 1 is 0.361 bits per heavy atom. The Labute approximate surface area is 386 Å². The molecular weight excluding hydrogens is 970 g/mol. The van der Waals surface area contributed by atoms with Crippen LogP contribution in [0.3, 0.4) is 0 Å². The van der Waals surface area contributed by atoms with E-state index >= 15 is 0 Å². The van der Waals surface area contributed by atoms with Gasteiger partial charge in [0.15, 0.2) is 37.2 Å². The molecule has 0 unspecified atom stereocenters. The van der Waals surface area contributed by atoms with E-state index in [1.165, 1.54) is 25.1 Å². The van der Waals surface area contributed by atoms with E-state index in [0.717, 1.165) is 16.7 Å². The van der Waals surface area contributed by atoms with Gasteiger partial charge in [0.2, 0.25) is 37.0 Å². The van der Waals surface area contributed by atoms with E-state index in [1.54, 1.807) is 0 Å². The molecule has 0 spiro atoms. The molecule has 0 radical (unpaired) electrons. The molecule has 0 aliphatic carbocycles. The molecule has 0 amide bonds. The molecule has 7 rings (SSSR count). The molecule has 4 aromatic carbocycles. The Hall–Kier alpha value is -6.28. The SMILES string of the molecule is Cc1c(C(=O)O)cccc1C(=O)O.O=C(C[n+]1ccccc1)c1ccccc1.O=C(C[n+]1ccccc1)c1ccccc1.O=C(C[n+]1ccccc1)c1ccccc1.[Br-].[Br-].[Br-]. The lowest BCUT2D eigenvalue weighted by atomic mass is 10.0. The van der Waals surface area contributed by atoms with Crippen LogP contribution in [0.2, 0.25) is 0 Å². The summed E-state index contributed by atoms with van der Waals surface area (Å²) >= 11 is 0. The number of benzene rings is 4. The van der Waals surface area contributed by atoms with Crippen molar-refractivity contribution in [1.82, 2.24) is 0 Å². The highest BCUT2D eigenvalue weighted by molar-refractivity contribution is 5.97. The molecular formula is C48H44Br3N3O7. The van der Waals surface area contributed by atoms with Crippen molar-refractivity contribution in [3.05, 3.63) is 234 Å². The minimum Gasteiger partial charge on any atom is -1.00 e. The first-order valence-electron chi connectivity index (χ1n) is 18.3. The van der Waals surface area contributed by atoms with Crippen LogP contribution in [0.5, 0.6) is 0 Å².